The minimum absolute atomic E-state index is 0.00711. The van der Waals surface area contributed by atoms with Gasteiger partial charge >= 0.3 is 0 Å². The molecule has 49 heavy (non-hydrogen) atoms. The number of carbonyl (C=O) groups excluding carboxylic acids is 3. The number of amides is 1. The first-order valence-electron chi connectivity index (χ1n) is 16.7. The lowest BCUT2D eigenvalue weighted by Crippen LogP contribution is -2.31. The molecule has 4 aromatic rings. The van der Waals surface area contributed by atoms with E-state index in [2.05, 4.69) is 27.3 Å². The number of para-hydroxylation sites is 1. The van der Waals surface area contributed by atoms with E-state index in [0.717, 1.165) is 53.9 Å². The molecule has 1 aliphatic carbocycles. The number of hydrogen-bond donors (Lipinski definition) is 0. The number of hydrogen-bond acceptors (Lipinski definition) is 10. The third-order valence-corrected chi connectivity index (χ3v) is 11.3. The summed E-state index contributed by atoms with van der Waals surface area (Å²) in [4.78, 5) is 57.7. The molecule has 11 heteroatoms. The Morgan fingerprint density at radius 1 is 0.816 bits per heavy atom. The highest BCUT2D eigenvalue weighted by atomic mass is 32.2. The van der Waals surface area contributed by atoms with Gasteiger partial charge in [0.1, 0.15) is 11.6 Å². The quantitative estimate of drug-likeness (QED) is 0.131. The van der Waals surface area contributed by atoms with Crippen molar-refractivity contribution >= 4 is 58.0 Å². The number of ketones is 2. The zero-order valence-corrected chi connectivity index (χ0v) is 32.1. The number of nitrogens with zero attached hydrogens (tertiary/aromatic N) is 5. The molecule has 0 atom stereocenters. The predicted molar refractivity (Wildman–Crippen MR) is 201 cm³/mol. The van der Waals surface area contributed by atoms with Crippen LogP contribution in [-0.2, 0) is 40.2 Å². The highest BCUT2D eigenvalue weighted by molar-refractivity contribution is 8.00. The zero-order valence-electron chi connectivity index (χ0n) is 29.7. The van der Waals surface area contributed by atoms with Gasteiger partial charge in [-0.1, -0.05) is 96.6 Å². The second-order valence-corrected chi connectivity index (χ2v) is 17.3. The lowest BCUT2D eigenvalue weighted by Gasteiger charge is -2.29. The van der Waals surface area contributed by atoms with E-state index in [4.69, 9.17) is 4.98 Å². The van der Waals surface area contributed by atoms with Crippen LogP contribution in [0.15, 0.2) is 52.4 Å². The molecule has 0 radical (unpaired) electrons. The third-order valence-electron chi connectivity index (χ3n) is 8.50. The van der Waals surface area contributed by atoms with Crippen LogP contribution in [0.2, 0.25) is 0 Å². The van der Waals surface area contributed by atoms with Gasteiger partial charge in [-0.25, -0.2) is 19.9 Å². The molecule has 0 N–H and O–H groups in total. The number of anilines is 1. The van der Waals surface area contributed by atoms with E-state index in [1.165, 1.54) is 45.1 Å². The second-order valence-electron chi connectivity index (χ2n) is 14.4. The first-order chi connectivity index (χ1) is 23.2. The highest BCUT2D eigenvalue weighted by Gasteiger charge is 2.28. The number of fused-ring (bicyclic) bond motifs is 6. The monoisotopic (exact) mass is 715 g/mol. The van der Waals surface area contributed by atoms with Gasteiger partial charge in [-0.2, -0.15) is 0 Å². The van der Waals surface area contributed by atoms with Crippen LogP contribution >= 0.6 is 34.9 Å². The average Bonchev–Trinajstić information content (AvgIpc) is 3.48. The first kappa shape index (κ1) is 36.9. The van der Waals surface area contributed by atoms with Crippen molar-refractivity contribution in [2.24, 2.45) is 10.8 Å². The number of benzene rings is 1. The van der Waals surface area contributed by atoms with Crippen molar-refractivity contribution in [2.75, 3.05) is 16.4 Å². The van der Waals surface area contributed by atoms with Gasteiger partial charge in [-0.15, -0.1) is 11.3 Å². The van der Waals surface area contributed by atoms with Crippen LogP contribution in [0.5, 0.6) is 0 Å². The molecule has 1 amide bonds. The number of Topliss-reactive ketones (excluding diaryl/α,β-unsaturated/α-hetero) is 2. The first-order valence-corrected chi connectivity index (χ1v) is 19.5. The average molecular weight is 716 g/mol. The Balaban J connectivity index is 0.000000191. The summed E-state index contributed by atoms with van der Waals surface area (Å²) in [5.74, 6) is 1.18. The van der Waals surface area contributed by atoms with Gasteiger partial charge in [0.25, 0.3) is 0 Å². The molecule has 6 rings (SSSR count). The van der Waals surface area contributed by atoms with Crippen molar-refractivity contribution in [1.29, 1.82) is 0 Å². The number of carbonyl (C=O) groups is 3. The van der Waals surface area contributed by atoms with Gasteiger partial charge in [0.15, 0.2) is 10.3 Å². The van der Waals surface area contributed by atoms with Crippen LogP contribution in [0.3, 0.4) is 0 Å². The number of rotatable bonds is 8. The van der Waals surface area contributed by atoms with E-state index in [9.17, 15) is 14.4 Å². The van der Waals surface area contributed by atoms with Gasteiger partial charge in [0, 0.05) is 51.7 Å². The van der Waals surface area contributed by atoms with Crippen molar-refractivity contribution in [3.8, 4) is 22.5 Å². The van der Waals surface area contributed by atoms with E-state index in [-0.39, 0.29) is 28.3 Å². The molecule has 0 bridgehead atoms. The maximum absolute atomic E-state index is 12.1. The van der Waals surface area contributed by atoms with Crippen LogP contribution in [-0.4, -0.2) is 48.9 Å². The van der Waals surface area contributed by atoms with Crippen molar-refractivity contribution in [3.05, 3.63) is 63.6 Å². The molecule has 0 spiro atoms. The summed E-state index contributed by atoms with van der Waals surface area (Å²) >= 11 is 4.67. The summed E-state index contributed by atoms with van der Waals surface area (Å²) in [5.41, 5.74) is 7.98. The Morgan fingerprint density at radius 2 is 1.39 bits per heavy atom. The van der Waals surface area contributed by atoms with Gasteiger partial charge < -0.3 is 4.90 Å². The minimum atomic E-state index is -0.365. The smallest absolute Gasteiger partial charge is 0.224 e. The Hall–Kier alpha value is -3.41. The van der Waals surface area contributed by atoms with Gasteiger partial charge in [0.2, 0.25) is 5.91 Å². The maximum atomic E-state index is 12.1. The standard InChI is InChI=1S/C19H21N3O2S.C19H24N2OS2/c1-12(23)22-10-13-9-20-18(25-11-16(24)19(2,3)4)21-17(13)14-7-5-6-8-15(14)22;1-5-6-14-16-13(10-23-14)8-7-12-9-20-18(21-17(12)16)24-11-15(22)19(2,3)4/h5-9H,10-11H2,1-4H3;9-10H,5-8,11H2,1-4H3. The molecular weight excluding hydrogens is 671 g/mol. The number of thiophene rings is 1. The van der Waals surface area contributed by atoms with Crippen molar-refractivity contribution in [3.63, 3.8) is 0 Å². The zero-order chi connectivity index (χ0) is 35.5. The fraction of sp³-hybridized carbons (Fsp3) is 0.447. The molecule has 8 nitrogen and oxygen atoms in total. The largest absolute Gasteiger partial charge is 0.307 e. The van der Waals surface area contributed by atoms with E-state index in [0.29, 0.717) is 28.4 Å². The molecule has 0 unspecified atom stereocenters. The fourth-order valence-electron chi connectivity index (χ4n) is 5.40. The van der Waals surface area contributed by atoms with E-state index < -0.39 is 0 Å². The van der Waals surface area contributed by atoms with Crippen LogP contribution < -0.4 is 4.90 Å². The van der Waals surface area contributed by atoms with Gasteiger partial charge in [0.05, 0.1) is 35.1 Å². The van der Waals surface area contributed by atoms with Crippen LogP contribution in [0.4, 0.5) is 5.69 Å². The Labute approximate surface area is 302 Å². The van der Waals surface area contributed by atoms with Crippen molar-refractivity contribution < 1.29 is 14.4 Å². The molecule has 3 aromatic heterocycles. The summed E-state index contributed by atoms with van der Waals surface area (Å²) in [6.45, 7) is 15.9. The summed E-state index contributed by atoms with van der Waals surface area (Å²) in [5, 5.41) is 3.59. The molecule has 0 saturated heterocycles. The van der Waals surface area contributed by atoms with Crippen LogP contribution in [0.25, 0.3) is 22.5 Å². The minimum Gasteiger partial charge on any atom is -0.307 e. The third kappa shape index (κ3) is 8.67. The predicted octanol–water partition coefficient (Wildman–Crippen LogP) is 8.68. The lowest BCUT2D eigenvalue weighted by atomic mass is 9.91. The molecule has 2 aliphatic rings. The number of aromatic nitrogens is 4. The summed E-state index contributed by atoms with van der Waals surface area (Å²) < 4.78 is 0. The molecule has 258 valence electrons. The van der Waals surface area contributed by atoms with Crippen LogP contribution in [0.1, 0.15) is 83.4 Å². The second kappa shape index (κ2) is 15.2. The van der Waals surface area contributed by atoms with Gasteiger partial charge in [-0.3, -0.25) is 14.4 Å². The van der Waals surface area contributed by atoms with Crippen LogP contribution in [0, 0.1) is 10.8 Å². The Morgan fingerprint density at radius 3 is 1.98 bits per heavy atom. The Kier molecular flexibility index (Phi) is 11.5. The summed E-state index contributed by atoms with van der Waals surface area (Å²) in [6.07, 6.45) is 8.07. The van der Waals surface area contributed by atoms with Crippen molar-refractivity contribution in [2.45, 2.75) is 97.9 Å². The molecule has 4 heterocycles. The molecule has 1 aliphatic heterocycles. The number of aryl methyl sites for hydroxylation is 3. The Bertz CT molecular complexity index is 1870. The van der Waals surface area contributed by atoms with E-state index >= 15 is 0 Å². The topological polar surface area (TPSA) is 106 Å². The number of thioether (sulfide) groups is 2. The molecule has 0 saturated carbocycles. The maximum Gasteiger partial charge on any atom is 0.224 e. The fourth-order valence-corrected chi connectivity index (χ4v) is 8.54. The molecular formula is C38H45N5O3S3. The summed E-state index contributed by atoms with van der Waals surface area (Å²) in [7, 11) is 0. The van der Waals surface area contributed by atoms with E-state index in [1.54, 1.807) is 18.0 Å². The van der Waals surface area contributed by atoms with Crippen molar-refractivity contribution in [1.82, 2.24) is 19.9 Å². The normalized spacial score (nSPS) is 13.3. The van der Waals surface area contributed by atoms with E-state index in [1.807, 2.05) is 83.3 Å². The molecule has 0 fully saturated rings. The summed E-state index contributed by atoms with van der Waals surface area (Å²) in [6, 6.07) is 7.74. The van der Waals surface area contributed by atoms with Gasteiger partial charge in [-0.05, 0) is 41.8 Å². The SMILES string of the molecule is CC(=O)N1Cc2cnc(SCC(=O)C(C)(C)C)nc2-c2ccccc21.CCCc1scc2c1-c1nc(SCC(=O)C(C)(C)C)ncc1CC2. The lowest BCUT2D eigenvalue weighted by molar-refractivity contribution is -0.124. The molecule has 1 aromatic carbocycles. The highest BCUT2D eigenvalue weighted by Crippen LogP contribution is 2.40.